The predicted molar refractivity (Wildman–Crippen MR) is 102 cm³/mol. The average molecular weight is 348 g/mol. The number of amides is 1. The second-order valence-corrected chi connectivity index (χ2v) is 7.53. The smallest absolute Gasteiger partial charge is 0.257 e. The van der Waals surface area contributed by atoms with Gasteiger partial charge in [0, 0.05) is 39.3 Å². The highest BCUT2D eigenvalue weighted by atomic mass is 16.5. The number of nitrogens with one attached hydrogen (secondary N) is 1. The van der Waals surface area contributed by atoms with Crippen molar-refractivity contribution in [1.82, 2.24) is 15.1 Å². The van der Waals surface area contributed by atoms with E-state index in [4.69, 9.17) is 4.74 Å². The van der Waals surface area contributed by atoms with Crippen molar-refractivity contribution < 1.29 is 9.53 Å². The van der Waals surface area contributed by atoms with E-state index < -0.39 is 0 Å². The van der Waals surface area contributed by atoms with E-state index in [0.717, 1.165) is 38.5 Å². The molecule has 1 heterocycles. The molecule has 0 spiro atoms. The monoisotopic (exact) mass is 347 g/mol. The third-order valence-electron chi connectivity index (χ3n) is 4.73. The van der Waals surface area contributed by atoms with Crippen LogP contribution in [0.1, 0.15) is 32.3 Å². The molecule has 2 rings (SSSR count). The molecule has 0 bridgehead atoms. The van der Waals surface area contributed by atoms with Gasteiger partial charge in [-0.3, -0.25) is 4.79 Å². The molecule has 5 heteroatoms. The van der Waals surface area contributed by atoms with Crippen LogP contribution in [-0.4, -0.2) is 68.6 Å². The molecule has 1 atom stereocenters. The van der Waals surface area contributed by atoms with E-state index in [1.165, 1.54) is 5.56 Å². The highest BCUT2D eigenvalue weighted by Crippen LogP contribution is 2.18. The van der Waals surface area contributed by atoms with Gasteiger partial charge < -0.3 is 19.9 Å². The Bertz CT molecular complexity index is 522. The summed E-state index contributed by atoms with van der Waals surface area (Å²) >= 11 is 0. The van der Waals surface area contributed by atoms with Gasteiger partial charge in [-0.1, -0.05) is 32.9 Å². The van der Waals surface area contributed by atoms with Gasteiger partial charge in [-0.2, -0.15) is 0 Å². The highest BCUT2D eigenvalue weighted by molar-refractivity contribution is 5.77. The lowest BCUT2D eigenvalue weighted by Crippen LogP contribution is -2.47. The van der Waals surface area contributed by atoms with E-state index in [1.807, 2.05) is 12.1 Å². The van der Waals surface area contributed by atoms with Crippen molar-refractivity contribution in [3.05, 3.63) is 29.8 Å². The van der Waals surface area contributed by atoms with Gasteiger partial charge in [-0.05, 0) is 36.6 Å². The number of carbonyl (C=O) groups is 1. The topological polar surface area (TPSA) is 44.8 Å². The number of rotatable bonds is 8. The molecular formula is C20H33N3O2. The van der Waals surface area contributed by atoms with Crippen LogP contribution in [0.2, 0.25) is 0 Å². The quantitative estimate of drug-likeness (QED) is 0.783. The van der Waals surface area contributed by atoms with Crippen LogP contribution in [0, 0.1) is 5.92 Å². The molecule has 1 fully saturated rings. The van der Waals surface area contributed by atoms with Gasteiger partial charge in [0.05, 0.1) is 0 Å². The normalized spacial score (nSPS) is 17.5. The van der Waals surface area contributed by atoms with Crippen molar-refractivity contribution in [3.8, 4) is 5.75 Å². The minimum absolute atomic E-state index is 0.0573. The van der Waals surface area contributed by atoms with Crippen molar-refractivity contribution in [1.29, 1.82) is 0 Å². The van der Waals surface area contributed by atoms with E-state index in [9.17, 15) is 4.79 Å². The Morgan fingerprint density at radius 1 is 1.12 bits per heavy atom. The molecule has 1 aliphatic rings. The van der Waals surface area contributed by atoms with E-state index in [-0.39, 0.29) is 12.5 Å². The molecule has 0 saturated carbocycles. The summed E-state index contributed by atoms with van der Waals surface area (Å²) in [6.07, 6.45) is 0. The fraction of sp³-hybridized carbons (Fsp3) is 0.650. The van der Waals surface area contributed by atoms with E-state index >= 15 is 0 Å². The standard InChI is InChI=1S/C20H33N3O2/c1-16(2)18-5-7-19(8-6-18)25-15-20(24)21-13-17(3)14-23-11-9-22(4)10-12-23/h5-8,16-17H,9-15H2,1-4H3,(H,21,24). The first-order chi connectivity index (χ1) is 11.9. The zero-order valence-corrected chi connectivity index (χ0v) is 16.1. The van der Waals surface area contributed by atoms with Crippen LogP contribution >= 0.6 is 0 Å². The molecule has 1 aromatic carbocycles. The number of piperazine rings is 1. The fourth-order valence-corrected chi connectivity index (χ4v) is 2.97. The molecule has 0 radical (unpaired) electrons. The first-order valence-corrected chi connectivity index (χ1v) is 9.34. The van der Waals surface area contributed by atoms with Crippen molar-refractivity contribution >= 4 is 5.91 Å². The number of hydrogen-bond acceptors (Lipinski definition) is 4. The maximum Gasteiger partial charge on any atom is 0.257 e. The van der Waals surface area contributed by atoms with Crippen molar-refractivity contribution in [2.45, 2.75) is 26.7 Å². The minimum Gasteiger partial charge on any atom is -0.484 e. The SMILES string of the molecule is CC(CNC(=O)COc1ccc(C(C)C)cc1)CN1CCN(C)CC1. The summed E-state index contributed by atoms with van der Waals surface area (Å²) in [7, 11) is 2.16. The summed E-state index contributed by atoms with van der Waals surface area (Å²) in [4.78, 5) is 16.8. The summed E-state index contributed by atoms with van der Waals surface area (Å²) < 4.78 is 5.57. The molecule has 1 unspecified atom stereocenters. The lowest BCUT2D eigenvalue weighted by molar-refractivity contribution is -0.123. The Balaban J connectivity index is 1.63. The van der Waals surface area contributed by atoms with Crippen molar-refractivity contribution in [2.24, 2.45) is 5.92 Å². The first-order valence-electron chi connectivity index (χ1n) is 9.34. The maximum absolute atomic E-state index is 12.0. The number of hydrogen-bond donors (Lipinski definition) is 1. The van der Waals surface area contributed by atoms with Gasteiger partial charge in [0.1, 0.15) is 5.75 Å². The Labute approximate surface area is 152 Å². The average Bonchev–Trinajstić information content (AvgIpc) is 2.60. The third-order valence-corrected chi connectivity index (χ3v) is 4.73. The van der Waals surface area contributed by atoms with Crippen LogP contribution in [-0.2, 0) is 4.79 Å². The van der Waals surface area contributed by atoms with Crippen LogP contribution < -0.4 is 10.1 Å². The molecule has 0 aliphatic carbocycles. The van der Waals surface area contributed by atoms with Crippen LogP contribution in [0.3, 0.4) is 0 Å². The van der Waals surface area contributed by atoms with Gasteiger partial charge in [-0.15, -0.1) is 0 Å². The number of ether oxygens (including phenoxy) is 1. The summed E-state index contributed by atoms with van der Waals surface area (Å²) in [5.74, 6) is 1.63. The molecule has 1 amide bonds. The molecule has 140 valence electrons. The minimum atomic E-state index is -0.0573. The molecule has 5 nitrogen and oxygen atoms in total. The molecule has 25 heavy (non-hydrogen) atoms. The van der Waals surface area contributed by atoms with Gasteiger partial charge in [-0.25, -0.2) is 0 Å². The summed E-state index contributed by atoms with van der Waals surface area (Å²) in [6, 6.07) is 7.96. The number of benzene rings is 1. The Morgan fingerprint density at radius 2 is 1.76 bits per heavy atom. The lowest BCUT2D eigenvalue weighted by atomic mass is 10.0. The summed E-state index contributed by atoms with van der Waals surface area (Å²) in [5, 5.41) is 2.98. The largest absolute Gasteiger partial charge is 0.484 e. The third kappa shape index (κ3) is 7.04. The number of nitrogens with zero attached hydrogens (tertiary/aromatic N) is 2. The van der Waals surface area contributed by atoms with Crippen LogP contribution in [0.5, 0.6) is 5.75 Å². The molecular weight excluding hydrogens is 314 g/mol. The lowest BCUT2D eigenvalue weighted by Gasteiger charge is -2.33. The zero-order valence-electron chi connectivity index (χ0n) is 16.1. The molecule has 1 N–H and O–H groups in total. The van der Waals surface area contributed by atoms with E-state index in [1.54, 1.807) is 0 Å². The Morgan fingerprint density at radius 3 is 2.36 bits per heavy atom. The first kappa shape index (κ1) is 19.7. The van der Waals surface area contributed by atoms with Crippen LogP contribution in [0.25, 0.3) is 0 Å². The van der Waals surface area contributed by atoms with Crippen molar-refractivity contribution in [2.75, 3.05) is 52.9 Å². The van der Waals surface area contributed by atoms with E-state index in [0.29, 0.717) is 18.4 Å². The Hall–Kier alpha value is -1.59. The summed E-state index contributed by atoms with van der Waals surface area (Å²) in [5.41, 5.74) is 1.27. The molecule has 1 saturated heterocycles. The fourth-order valence-electron chi connectivity index (χ4n) is 2.97. The van der Waals surface area contributed by atoms with Gasteiger partial charge >= 0.3 is 0 Å². The van der Waals surface area contributed by atoms with Crippen LogP contribution in [0.4, 0.5) is 0 Å². The number of carbonyl (C=O) groups excluding carboxylic acids is 1. The van der Waals surface area contributed by atoms with Gasteiger partial charge in [0.2, 0.25) is 0 Å². The molecule has 1 aromatic rings. The van der Waals surface area contributed by atoms with Gasteiger partial charge in [0.25, 0.3) is 5.91 Å². The number of likely N-dealkylation sites (N-methyl/N-ethyl adjacent to an activating group) is 1. The van der Waals surface area contributed by atoms with Gasteiger partial charge in [0.15, 0.2) is 6.61 Å². The van der Waals surface area contributed by atoms with E-state index in [2.05, 4.69) is 55.1 Å². The predicted octanol–water partition coefficient (Wildman–Crippen LogP) is 2.19. The maximum atomic E-state index is 12.0. The molecule has 1 aliphatic heterocycles. The second-order valence-electron chi connectivity index (χ2n) is 7.53. The second kappa shape index (κ2) is 9.78. The van der Waals surface area contributed by atoms with Crippen LogP contribution in [0.15, 0.2) is 24.3 Å². The Kier molecular flexibility index (Phi) is 7.72. The van der Waals surface area contributed by atoms with Crippen molar-refractivity contribution in [3.63, 3.8) is 0 Å². The summed E-state index contributed by atoms with van der Waals surface area (Å²) in [6.45, 7) is 12.8. The highest BCUT2D eigenvalue weighted by Gasteiger charge is 2.16. The zero-order chi connectivity index (χ0) is 18.2. The molecule has 0 aromatic heterocycles.